The van der Waals surface area contributed by atoms with Gasteiger partial charge in [-0.25, -0.2) is 4.39 Å². The van der Waals surface area contributed by atoms with Gasteiger partial charge in [0.15, 0.2) is 0 Å². The molecule has 2 atom stereocenters. The lowest BCUT2D eigenvalue weighted by atomic mass is 9.89. The van der Waals surface area contributed by atoms with E-state index in [1.165, 1.54) is 4.88 Å². The van der Waals surface area contributed by atoms with E-state index in [1.807, 2.05) is 25.3 Å². The minimum absolute atomic E-state index is 0.00459. The molecule has 2 unspecified atom stereocenters. The fourth-order valence-electron chi connectivity index (χ4n) is 1.79. The Morgan fingerprint density at radius 2 is 2.20 bits per heavy atom. The molecule has 0 fully saturated rings. The molecule has 0 aliphatic rings. The predicted molar refractivity (Wildman–Crippen MR) is 64.9 cm³/mol. The Morgan fingerprint density at radius 1 is 1.47 bits per heavy atom. The van der Waals surface area contributed by atoms with Gasteiger partial charge in [0.2, 0.25) is 0 Å². The van der Waals surface area contributed by atoms with E-state index in [2.05, 4.69) is 6.07 Å². The molecule has 1 aromatic rings. The first-order valence-corrected chi connectivity index (χ1v) is 6.39. The number of hydrogen-bond acceptors (Lipinski definition) is 2. The van der Waals surface area contributed by atoms with Crippen LogP contribution in [0.15, 0.2) is 17.5 Å². The zero-order valence-electron chi connectivity index (χ0n) is 9.45. The Morgan fingerprint density at radius 3 is 2.67 bits per heavy atom. The highest BCUT2D eigenvalue weighted by atomic mass is 32.1. The second kappa shape index (κ2) is 6.23. The lowest BCUT2D eigenvalue weighted by Crippen LogP contribution is -2.29. The summed E-state index contributed by atoms with van der Waals surface area (Å²) in [5, 5.41) is 2.03. The van der Waals surface area contributed by atoms with Gasteiger partial charge >= 0.3 is 0 Å². The van der Waals surface area contributed by atoms with Crippen LogP contribution >= 0.6 is 11.3 Å². The van der Waals surface area contributed by atoms with E-state index in [0.717, 1.165) is 6.42 Å². The monoisotopic (exact) mass is 229 g/mol. The molecular weight excluding hydrogens is 209 g/mol. The third-order valence-corrected chi connectivity index (χ3v) is 3.78. The zero-order chi connectivity index (χ0) is 11.3. The molecule has 0 amide bonds. The van der Waals surface area contributed by atoms with Crippen LogP contribution in [0.1, 0.15) is 25.1 Å². The van der Waals surface area contributed by atoms with Gasteiger partial charge in [0.05, 0.1) is 0 Å². The van der Waals surface area contributed by atoms with Gasteiger partial charge in [-0.15, -0.1) is 11.3 Å². The summed E-state index contributed by atoms with van der Waals surface area (Å²) in [7, 11) is 0. The summed E-state index contributed by atoms with van der Waals surface area (Å²) in [6.45, 7) is 4.52. The predicted octanol–water partition coefficient (Wildman–Crippen LogP) is 3.25. The Balaban J connectivity index is 2.37. The summed E-state index contributed by atoms with van der Waals surface area (Å²) >= 11 is 1.69. The summed E-state index contributed by atoms with van der Waals surface area (Å²) in [5.74, 6) is 0.332. The second-order valence-electron chi connectivity index (χ2n) is 4.28. The number of thiophene rings is 1. The third-order valence-electron chi connectivity index (χ3n) is 2.84. The van der Waals surface area contributed by atoms with Gasteiger partial charge in [0.1, 0.15) is 6.17 Å². The highest BCUT2D eigenvalue weighted by molar-refractivity contribution is 7.09. The first-order chi connectivity index (χ1) is 7.15. The van der Waals surface area contributed by atoms with Crippen molar-refractivity contribution in [2.24, 2.45) is 17.6 Å². The van der Waals surface area contributed by atoms with Gasteiger partial charge in [-0.1, -0.05) is 19.9 Å². The van der Waals surface area contributed by atoms with E-state index in [0.29, 0.717) is 18.9 Å². The minimum Gasteiger partial charge on any atom is -0.330 e. The van der Waals surface area contributed by atoms with E-state index in [9.17, 15) is 4.39 Å². The van der Waals surface area contributed by atoms with E-state index >= 15 is 0 Å². The van der Waals surface area contributed by atoms with Gasteiger partial charge in [-0.2, -0.15) is 0 Å². The molecule has 0 spiro atoms. The Labute approximate surface area is 95.5 Å². The number of nitrogens with two attached hydrogens (primary N) is 1. The van der Waals surface area contributed by atoms with Crippen LogP contribution in [0.25, 0.3) is 0 Å². The fraction of sp³-hybridized carbons (Fsp3) is 0.667. The first-order valence-electron chi connectivity index (χ1n) is 5.51. The first kappa shape index (κ1) is 12.7. The molecule has 0 radical (unpaired) electrons. The summed E-state index contributed by atoms with van der Waals surface area (Å²) in [6.07, 6.45) is 0.667. The van der Waals surface area contributed by atoms with Crippen molar-refractivity contribution in [3.8, 4) is 0 Å². The van der Waals surface area contributed by atoms with Crippen molar-refractivity contribution >= 4 is 11.3 Å². The number of alkyl halides is 1. The van der Waals surface area contributed by atoms with Crippen LogP contribution in [0, 0.1) is 11.8 Å². The standard InChI is InChI=1S/C12H20FNS/c1-9(2)11(8-14)12(13)6-5-10-4-3-7-15-10/h3-4,7,9,11-12H,5-6,8,14H2,1-2H3. The quantitative estimate of drug-likeness (QED) is 0.796. The molecular formula is C12H20FNS. The van der Waals surface area contributed by atoms with E-state index in [1.54, 1.807) is 11.3 Å². The molecule has 2 N–H and O–H groups in total. The van der Waals surface area contributed by atoms with Crippen LogP contribution in [0.4, 0.5) is 4.39 Å². The molecule has 0 aromatic carbocycles. The molecule has 1 rings (SSSR count). The topological polar surface area (TPSA) is 26.0 Å². The van der Waals surface area contributed by atoms with Crippen molar-refractivity contribution < 1.29 is 4.39 Å². The Kier molecular flexibility index (Phi) is 5.26. The number of aryl methyl sites for hydroxylation is 1. The van der Waals surface area contributed by atoms with Gasteiger partial charge < -0.3 is 5.73 Å². The summed E-state index contributed by atoms with van der Waals surface area (Å²) < 4.78 is 13.8. The van der Waals surface area contributed by atoms with Crippen molar-refractivity contribution in [3.63, 3.8) is 0 Å². The van der Waals surface area contributed by atoms with Crippen LogP contribution in [-0.2, 0) is 6.42 Å². The number of rotatable bonds is 6. The Hall–Kier alpha value is -0.410. The van der Waals surface area contributed by atoms with Crippen molar-refractivity contribution in [3.05, 3.63) is 22.4 Å². The fourth-order valence-corrected chi connectivity index (χ4v) is 2.51. The average Bonchev–Trinajstić information content (AvgIpc) is 2.67. The van der Waals surface area contributed by atoms with Gasteiger partial charge in [0.25, 0.3) is 0 Å². The van der Waals surface area contributed by atoms with Crippen LogP contribution in [0.3, 0.4) is 0 Å². The highest BCUT2D eigenvalue weighted by Gasteiger charge is 2.22. The molecule has 1 nitrogen and oxygen atoms in total. The smallest absolute Gasteiger partial charge is 0.105 e. The third kappa shape index (κ3) is 3.92. The largest absolute Gasteiger partial charge is 0.330 e. The molecule has 3 heteroatoms. The molecule has 0 aliphatic carbocycles. The van der Waals surface area contributed by atoms with Crippen LogP contribution in [0.2, 0.25) is 0 Å². The maximum absolute atomic E-state index is 13.8. The summed E-state index contributed by atoms with van der Waals surface area (Å²) in [4.78, 5) is 1.26. The highest BCUT2D eigenvalue weighted by Crippen LogP contribution is 2.22. The summed E-state index contributed by atoms with van der Waals surface area (Å²) in [6, 6.07) is 4.07. The van der Waals surface area contributed by atoms with Crippen LogP contribution < -0.4 is 5.73 Å². The van der Waals surface area contributed by atoms with Gasteiger partial charge in [-0.05, 0) is 36.8 Å². The van der Waals surface area contributed by atoms with Crippen molar-refractivity contribution in [2.45, 2.75) is 32.9 Å². The molecule has 86 valence electrons. The van der Waals surface area contributed by atoms with Crippen molar-refractivity contribution in [1.82, 2.24) is 0 Å². The SMILES string of the molecule is CC(C)C(CN)C(F)CCc1cccs1. The van der Waals surface area contributed by atoms with E-state index in [4.69, 9.17) is 5.73 Å². The number of halogens is 1. The second-order valence-corrected chi connectivity index (χ2v) is 5.31. The zero-order valence-corrected chi connectivity index (χ0v) is 10.3. The van der Waals surface area contributed by atoms with Crippen molar-refractivity contribution in [1.29, 1.82) is 0 Å². The summed E-state index contributed by atoms with van der Waals surface area (Å²) in [5.41, 5.74) is 5.59. The van der Waals surface area contributed by atoms with Crippen LogP contribution in [-0.4, -0.2) is 12.7 Å². The normalized spacial score (nSPS) is 15.5. The van der Waals surface area contributed by atoms with E-state index in [-0.39, 0.29) is 5.92 Å². The maximum Gasteiger partial charge on any atom is 0.105 e. The molecule has 0 saturated heterocycles. The molecule has 0 bridgehead atoms. The molecule has 1 heterocycles. The molecule has 0 aliphatic heterocycles. The van der Waals surface area contributed by atoms with Crippen molar-refractivity contribution in [2.75, 3.05) is 6.54 Å². The van der Waals surface area contributed by atoms with Gasteiger partial charge in [-0.3, -0.25) is 0 Å². The van der Waals surface area contributed by atoms with E-state index < -0.39 is 6.17 Å². The maximum atomic E-state index is 13.8. The lowest BCUT2D eigenvalue weighted by Gasteiger charge is -2.22. The lowest BCUT2D eigenvalue weighted by molar-refractivity contribution is 0.176. The molecule has 0 saturated carbocycles. The Bertz CT molecular complexity index is 259. The molecule has 1 aromatic heterocycles. The average molecular weight is 229 g/mol. The minimum atomic E-state index is -0.767. The van der Waals surface area contributed by atoms with Crippen LogP contribution in [0.5, 0.6) is 0 Å². The molecule has 15 heavy (non-hydrogen) atoms. The van der Waals surface area contributed by atoms with Gasteiger partial charge in [0, 0.05) is 10.8 Å². The number of hydrogen-bond donors (Lipinski definition) is 1.